The second-order valence-electron chi connectivity index (χ2n) is 5.16. The summed E-state index contributed by atoms with van der Waals surface area (Å²) in [6.45, 7) is 9.98. The lowest BCUT2D eigenvalue weighted by molar-refractivity contribution is 0.893. The molecule has 3 nitrogen and oxygen atoms in total. The standard InChI is InChI=1S/C18H15ClN2O/c1-12-5-4-6-17(11-12)21-14(3)13(2)20(18(21)22)16-9-7-15(19)8-10-16/h4-11H,2-3H2,1H3. The largest absolute Gasteiger partial charge is 0.338 e. The lowest BCUT2D eigenvalue weighted by Crippen LogP contribution is -2.29. The molecular weight excluding hydrogens is 296 g/mol. The molecule has 0 fully saturated rings. The molecule has 3 aromatic rings. The molecule has 1 aromatic heterocycles. The van der Waals surface area contributed by atoms with E-state index in [1.165, 1.54) is 0 Å². The van der Waals surface area contributed by atoms with Crippen LogP contribution in [0.2, 0.25) is 5.02 Å². The molecule has 3 rings (SSSR count). The number of aromatic nitrogens is 2. The summed E-state index contributed by atoms with van der Waals surface area (Å²) in [6.07, 6.45) is 0. The Morgan fingerprint density at radius 3 is 2.09 bits per heavy atom. The zero-order valence-corrected chi connectivity index (χ0v) is 13.0. The number of halogens is 1. The monoisotopic (exact) mass is 310 g/mol. The minimum absolute atomic E-state index is 0.192. The normalized spacial score (nSPS) is 10.8. The molecule has 0 radical (unpaired) electrons. The summed E-state index contributed by atoms with van der Waals surface area (Å²) in [7, 11) is 0. The van der Waals surface area contributed by atoms with E-state index >= 15 is 0 Å². The highest BCUT2D eigenvalue weighted by atomic mass is 35.5. The lowest BCUT2D eigenvalue weighted by atomic mass is 10.2. The van der Waals surface area contributed by atoms with E-state index in [2.05, 4.69) is 13.2 Å². The molecule has 0 unspecified atom stereocenters. The van der Waals surface area contributed by atoms with Crippen molar-refractivity contribution in [3.63, 3.8) is 0 Å². The van der Waals surface area contributed by atoms with Crippen molar-refractivity contribution in [1.82, 2.24) is 9.13 Å². The fourth-order valence-corrected chi connectivity index (χ4v) is 2.60. The summed E-state index contributed by atoms with van der Waals surface area (Å²) in [4.78, 5) is 12.8. The highest BCUT2D eigenvalue weighted by molar-refractivity contribution is 6.30. The van der Waals surface area contributed by atoms with Gasteiger partial charge < -0.3 is 0 Å². The van der Waals surface area contributed by atoms with Crippen LogP contribution >= 0.6 is 11.6 Å². The van der Waals surface area contributed by atoms with Gasteiger partial charge in [-0.2, -0.15) is 0 Å². The van der Waals surface area contributed by atoms with Crippen molar-refractivity contribution in [2.75, 3.05) is 0 Å². The zero-order valence-electron chi connectivity index (χ0n) is 12.2. The third kappa shape index (κ3) is 2.30. The molecule has 22 heavy (non-hydrogen) atoms. The van der Waals surface area contributed by atoms with E-state index < -0.39 is 0 Å². The first-order valence-corrected chi connectivity index (χ1v) is 7.21. The van der Waals surface area contributed by atoms with Gasteiger partial charge in [-0.05, 0) is 48.9 Å². The van der Waals surface area contributed by atoms with Crippen LogP contribution in [0.15, 0.2) is 53.3 Å². The molecule has 0 N–H and O–H groups in total. The minimum Gasteiger partial charge on any atom is -0.261 e. The van der Waals surface area contributed by atoms with Crippen LogP contribution in [0.4, 0.5) is 0 Å². The summed E-state index contributed by atoms with van der Waals surface area (Å²) in [5.41, 5.74) is 2.39. The number of imidazole rings is 1. The Hall–Kier alpha value is -2.52. The first kappa shape index (κ1) is 14.4. The number of nitrogens with zero attached hydrogens (tertiary/aromatic N) is 2. The summed E-state index contributed by atoms with van der Waals surface area (Å²) >= 11 is 5.91. The van der Waals surface area contributed by atoms with Crippen LogP contribution in [0.1, 0.15) is 5.56 Å². The van der Waals surface area contributed by atoms with Crippen molar-refractivity contribution >= 4 is 24.8 Å². The first-order chi connectivity index (χ1) is 10.5. The van der Waals surface area contributed by atoms with Crippen molar-refractivity contribution in [3.8, 4) is 11.4 Å². The third-order valence-electron chi connectivity index (χ3n) is 3.60. The van der Waals surface area contributed by atoms with Crippen LogP contribution < -0.4 is 16.4 Å². The summed E-state index contributed by atoms with van der Waals surface area (Å²) in [5, 5.41) is 1.76. The Labute approximate surface area is 133 Å². The molecule has 0 aliphatic heterocycles. The number of hydrogen-bond donors (Lipinski definition) is 0. The van der Waals surface area contributed by atoms with E-state index in [-0.39, 0.29) is 5.69 Å². The van der Waals surface area contributed by atoms with E-state index in [9.17, 15) is 4.79 Å². The lowest BCUT2D eigenvalue weighted by Gasteiger charge is -2.04. The molecule has 0 atom stereocenters. The van der Waals surface area contributed by atoms with Crippen molar-refractivity contribution in [3.05, 3.63) is 80.3 Å². The highest BCUT2D eigenvalue weighted by Crippen LogP contribution is 2.11. The van der Waals surface area contributed by atoms with Crippen LogP contribution in [0.3, 0.4) is 0 Å². The zero-order chi connectivity index (χ0) is 15.9. The van der Waals surface area contributed by atoms with Crippen molar-refractivity contribution in [2.24, 2.45) is 0 Å². The van der Waals surface area contributed by atoms with E-state index in [0.29, 0.717) is 15.7 Å². The maximum absolute atomic E-state index is 12.8. The van der Waals surface area contributed by atoms with Gasteiger partial charge in [0.25, 0.3) is 0 Å². The van der Waals surface area contributed by atoms with E-state index in [4.69, 9.17) is 11.6 Å². The molecule has 0 aliphatic carbocycles. The Morgan fingerprint density at radius 2 is 1.50 bits per heavy atom. The smallest absolute Gasteiger partial charge is 0.261 e. The van der Waals surface area contributed by atoms with Gasteiger partial charge in [-0.3, -0.25) is 9.13 Å². The second kappa shape index (κ2) is 5.35. The first-order valence-electron chi connectivity index (χ1n) is 6.83. The van der Waals surface area contributed by atoms with Gasteiger partial charge in [-0.25, -0.2) is 4.79 Å². The quantitative estimate of drug-likeness (QED) is 0.714. The molecule has 4 heteroatoms. The maximum Gasteiger partial charge on any atom is 0.338 e. The molecule has 2 aromatic carbocycles. The highest BCUT2D eigenvalue weighted by Gasteiger charge is 2.11. The van der Waals surface area contributed by atoms with Gasteiger partial charge in [-0.15, -0.1) is 0 Å². The third-order valence-corrected chi connectivity index (χ3v) is 3.85. The molecular formula is C18H15ClN2O. The predicted molar refractivity (Wildman–Crippen MR) is 91.4 cm³/mol. The van der Waals surface area contributed by atoms with Gasteiger partial charge in [0, 0.05) is 5.02 Å². The van der Waals surface area contributed by atoms with Crippen LogP contribution in [0, 0.1) is 6.92 Å². The predicted octanol–water partition coefficient (Wildman–Crippen LogP) is 2.41. The summed E-state index contributed by atoms with van der Waals surface area (Å²) < 4.78 is 3.12. The van der Waals surface area contributed by atoms with Gasteiger partial charge >= 0.3 is 5.69 Å². The average molecular weight is 311 g/mol. The fourth-order valence-electron chi connectivity index (χ4n) is 2.48. The molecule has 0 saturated carbocycles. The molecule has 0 bridgehead atoms. The maximum atomic E-state index is 12.8. The Kier molecular flexibility index (Phi) is 3.51. The molecule has 0 aliphatic rings. The molecule has 1 heterocycles. The van der Waals surface area contributed by atoms with Gasteiger partial charge in [0.2, 0.25) is 0 Å². The van der Waals surface area contributed by atoms with Gasteiger partial charge in [0.05, 0.1) is 22.1 Å². The minimum atomic E-state index is -0.192. The van der Waals surface area contributed by atoms with Crippen LogP contribution in [-0.4, -0.2) is 9.13 Å². The number of aryl methyl sites for hydroxylation is 1. The van der Waals surface area contributed by atoms with Gasteiger partial charge in [-0.1, -0.05) is 36.9 Å². The second-order valence-corrected chi connectivity index (χ2v) is 5.60. The van der Waals surface area contributed by atoms with Gasteiger partial charge in [0.15, 0.2) is 0 Å². The Morgan fingerprint density at radius 1 is 0.909 bits per heavy atom. The average Bonchev–Trinajstić information content (AvgIpc) is 2.71. The summed E-state index contributed by atoms with van der Waals surface area (Å²) in [6, 6.07) is 14.8. The van der Waals surface area contributed by atoms with Crippen molar-refractivity contribution < 1.29 is 0 Å². The topological polar surface area (TPSA) is 26.9 Å². The molecule has 0 saturated heterocycles. The Balaban J connectivity index is 2.30. The van der Waals surface area contributed by atoms with Crippen LogP contribution in [-0.2, 0) is 0 Å². The van der Waals surface area contributed by atoms with E-state index in [1.807, 2.05) is 31.2 Å². The van der Waals surface area contributed by atoms with Crippen LogP contribution in [0.25, 0.3) is 24.5 Å². The van der Waals surface area contributed by atoms with Gasteiger partial charge in [0.1, 0.15) is 0 Å². The fraction of sp³-hybridized carbons (Fsp3) is 0.0556. The number of benzene rings is 2. The molecule has 0 spiro atoms. The number of hydrogen-bond acceptors (Lipinski definition) is 1. The molecule has 110 valence electrons. The number of rotatable bonds is 2. The van der Waals surface area contributed by atoms with E-state index in [0.717, 1.165) is 16.9 Å². The summed E-state index contributed by atoms with van der Waals surface area (Å²) in [5.74, 6) is 0. The van der Waals surface area contributed by atoms with E-state index in [1.54, 1.807) is 33.4 Å². The van der Waals surface area contributed by atoms with Crippen molar-refractivity contribution in [1.29, 1.82) is 0 Å². The SMILES string of the molecule is C=c1c(=C)n(-c2cccc(C)c2)c(=O)n1-c1ccc(Cl)cc1. The van der Waals surface area contributed by atoms with Crippen LogP contribution in [0.5, 0.6) is 0 Å². The van der Waals surface area contributed by atoms with Crippen molar-refractivity contribution in [2.45, 2.75) is 6.92 Å². The Bertz CT molecular complexity index is 997. The molecule has 0 amide bonds.